The van der Waals surface area contributed by atoms with Crippen molar-refractivity contribution < 1.29 is 69.4 Å². The molecule has 0 unspecified atom stereocenters. The number of hydrogen-bond acceptors (Lipinski definition) is 15. The third kappa shape index (κ3) is 5.40. The number of rotatable bonds is 6. The van der Waals surface area contributed by atoms with Crippen molar-refractivity contribution in [1.29, 1.82) is 0 Å². The summed E-state index contributed by atoms with van der Waals surface area (Å²) in [5.41, 5.74) is -1.63. The van der Waals surface area contributed by atoms with Crippen molar-refractivity contribution in [2.24, 2.45) is 0 Å². The Balaban J connectivity index is 1.61. The lowest BCUT2D eigenvalue weighted by Gasteiger charge is -2.41. The molecule has 0 saturated carbocycles. The summed E-state index contributed by atoms with van der Waals surface area (Å²) >= 11 is 0. The zero-order valence-electron chi connectivity index (χ0n) is 21.7. The van der Waals surface area contributed by atoms with E-state index in [2.05, 4.69) is 0 Å². The van der Waals surface area contributed by atoms with Crippen LogP contribution in [0.5, 0.6) is 40.2 Å². The van der Waals surface area contributed by atoms with Crippen LogP contribution >= 0.6 is 0 Å². The molecular formula is C28H24O15. The number of aromatic hydroxyl groups is 6. The second-order valence-corrected chi connectivity index (χ2v) is 9.53. The van der Waals surface area contributed by atoms with Crippen LogP contribution in [-0.2, 0) is 9.47 Å². The molecule has 1 aliphatic rings. The van der Waals surface area contributed by atoms with Gasteiger partial charge >= 0.3 is 5.97 Å². The van der Waals surface area contributed by atoms with Crippen molar-refractivity contribution in [1.82, 2.24) is 0 Å². The van der Waals surface area contributed by atoms with Gasteiger partial charge in [-0.05, 0) is 36.4 Å². The summed E-state index contributed by atoms with van der Waals surface area (Å²) in [4.78, 5) is 26.6. The molecule has 0 spiro atoms. The summed E-state index contributed by atoms with van der Waals surface area (Å²) < 4.78 is 22.4. The van der Waals surface area contributed by atoms with Crippen molar-refractivity contribution in [3.63, 3.8) is 0 Å². The molecule has 1 saturated heterocycles. The molecule has 0 radical (unpaired) electrons. The van der Waals surface area contributed by atoms with Gasteiger partial charge in [-0.25, -0.2) is 4.79 Å². The molecule has 15 heteroatoms. The van der Waals surface area contributed by atoms with Crippen LogP contribution in [0.2, 0.25) is 0 Å². The molecule has 0 amide bonds. The number of hydrogen-bond donors (Lipinski definition) is 9. The maximum atomic E-state index is 13.7. The maximum Gasteiger partial charge on any atom is 0.339 e. The lowest BCUT2D eigenvalue weighted by molar-refractivity contribution is -0.276. The van der Waals surface area contributed by atoms with E-state index in [4.69, 9.17) is 18.6 Å². The molecule has 9 N–H and O–H groups in total. The second kappa shape index (κ2) is 11.2. The Morgan fingerprint density at radius 3 is 2.12 bits per heavy atom. The Hall–Kier alpha value is -5.22. The van der Waals surface area contributed by atoms with E-state index in [0.717, 1.165) is 24.3 Å². The number of phenolic OH excluding ortho intramolecular Hbond substituents is 6. The molecule has 43 heavy (non-hydrogen) atoms. The predicted octanol–water partition coefficient (Wildman–Crippen LogP) is 0.737. The quantitative estimate of drug-likeness (QED) is 0.109. The maximum absolute atomic E-state index is 13.7. The zero-order valence-corrected chi connectivity index (χ0v) is 21.7. The van der Waals surface area contributed by atoms with Crippen LogP contribution in [0.4, 0.5) is 0 Å². The zero-order chi connectivity index (χ0) is 31.2. The molecular weight excluding hydrogens is 576 g/mol. The standard InChI is InChI=1S/C28H24O15/c29-9-18-21(36)23(38)26(42-27(39)11-5-15(33)20(35)16(34)6-11)28(41-18)43-25-22(37)19-14(32)7-13(31)8-17(19)40-24(25)10-1-3-12(30)4-2-10/h1-8,18,21,23,26,28-36,38H,9H2/t18-,21+,23+,26+,28-/m0/s1. The number of benzene rings is 3. The minimum Gasteiger partial charge on any atom is -0.508 e. The first-order valence-corrected chi connectivity index (χ1v) is 12.5. The lowest BCUT2D eigenvalue weighted by Crippen LogP contribution is -2.61. The van der Waals surface area contributed by atoms with E-state index in [1.807, 2.05) is 0 Å². The Morgan fingerprint density at radius 2 is 1.49 bits per heavy atom. The van der Waals surface area contributed by atoms with Crippen LogP contribution in [-0.4, -0.2) is 89.2 Å². The van der Waals surface area contributed by atoms with Gasteiger partial charge in [0.15, 0.2) is 29.1 Å². The fraction of sp³-hybridized carbons (Fsp3) is 0.214. The van der Waals surface area contributed by atoms with Gasteiger partial charge in [-0.2, -0.15) is 0 Å². The predicted molar refractivity (Wildman–Crippen MR) is 142 cm³/mol. The van der Waals surface area contributed by atoms with Crippen LogP contribution in [0.3, 0.4) is 0 Å². The van der Waals surface area contributed by atoms with Gasteiger partial charge in [0.2, 0.25) is 17.5 Å². The number of aliphatic hydroxyl groups excluding tert-OH is 3. The summed E-state index contributed by atoms with van der Waals surface area (Å²) in [6.07, 6.45) is -9.20. The first kappa shape index (κ1) is 29.3. The monoisotopic (exact) mass is 600 g/mol. The summed E-state index contributed by atoms with van der Waals surface area (Å²) in [6, 6.07) is 8.61. The van der Waals surface area contributed by atoms with Crippen LogP contribution in [0.1, 0.15) is 10.4 Å². The van der Waals surface area contributed by atoms with Gasteiger partial charge in [0, 0.05) is 17.7 Å². The molecule has 15 nitrogen and oxygen atoms in total. The number of phenols is 6. The molecule has 1 aromatic heterocycles. The van der Waals surface area contributed by atoms with Gasteiger partial charge < -0.3 is 64.6 Å². The second-order valence-electron chi connectivity index (χ2n) is 9.53. The van der Waals surface area contributed by atoms with E-state index in [1.54, 1.807) is 0 Å². The fourth-order valence-corrected chi connectivity index (χ4v) is 4.48. The third-order valence-corrected chi connectivity index (χ3v) is 6.65. The van der Waals surface area contributed by atoms with Crippen molar-refractivity contribution in [3.05, 3.63) is 64.3 Å². The Labute approximate surface area is 239 Å². The summed E-state index contributed by atoms with van der Waals surface area (Å²) in [7, 11) is 0. The molecule has 5 atom stereocenters. The van der Waals surface area contributed by atoms with E-state index >= 15 is 0 Å². The van der Waals surface area contributed by atoms with Crippen LogP contribution in [0.15, 0.2) is 57.7 Å². The molecule has 5 rings (SSSR count). The molecule has 0 bridgehead atoms. The number of carbonyl (C=O) groups is 1. The molecule has 0 aliphatic carbocycles. The van der Waals surface area contributed by atoms with Gasteiger partial charge in [-0.3, -0.25) is 4.79 Å². The lowest BCUT2D eigenvalue weighted by atomic mass is 9.99. The van der Waals surface area contributed by atoms with E-state index in [1.165, 1.54) is 24.3 Å². The normalized spacial score (nSPS) is 21.9. The first-order chi connectivity index (χ1) is 20.4. The molecule has 226 valence electrons. The Bertz CT molecular complexity index is 1720. The number of carbonyl (C=O) groups excluding carboxylic acids is 1. The van der Waals surface area contributed by atoms with Crippen molar-refractivity contribution in [2.75, 3.05) is 6.61 Å². The molecule has 1 fully saturated rings. The largest absolute Gasteiger partial charge is 0.508 e. The highest BCUT2D eigenvalue weighted by Gasteiger charge is 2.48. The van der Waals surface area contributed by atoms with E-state index in [-0.39, 0.29) is 22.7 Å². The van der Waals surface area contributed by atoms with E-state index in [0.29, 0.717) is 0 Å². The van der Waals surface area contributed by atoms with Gasteiger partial charge in [0.25, 0.3) is 0 Å². The number of ether oxygens (including phenoxy) is 3. The minimum absolute atomic E-state index is 0.138. The summed E-state index contributed by atoms with van der Waals surface area (Å²) in [5.74, 6) is -6.21. The summed E-state index contributed by atoms with van der Waals surface area (Å²) in [6.45, 7) is -0.852. The molecule has 2 heterocycles. The van der Waals surface area contributed by atoms with E-state index < -0.39 is 94.2 Å². The van der Waals surface area contributed by atoms with E-state index in [9.17, 15) is 55.5 Å². The van der Waals surface area contributed by atoms with Crippen molar-refractivity contribution in [2.45, 2.75) is 30.7 Å². The van der Waals surface area contributed by atoms with Crippen LogP contribution in [0, 0.1) is 0 Å². The smallest absolute Gasteiger partial charge is 0.339 e. The van der Waals surface area contributed by atoms with Crippen molar-refractivity contribution >= 4 is 16.9 Å². The van der Waals surface area contributed by atoms with Gasteiger partial charge in [-0.15, -0.1) is 0 Å². The van der Waals surface area contributed by atoms with Crippen LogP contribution < -0.4 is 10.2 Å². The fourth-order valence-electron chi connectivity index (χ4n) is 4.48. The molecule has 4 aromatic rings. The first-order valence-electron chi connectivity index (χ1n) is 12.5. The van der Waals surface area contributed by atoms with Crippen molar-refractivity contribution in [3.8, 4) is 51.6 Å². The minimum atomic E-state index is -1.99. The SMILES string of the molecule is O=C(O[C@H]1[C@H](Oc2c(-c3ccc(O)cc3)oc3cc(O)cc(O)c3c2=O)O[C@@H](CO)[C@@H](O)[C@H]1O)c1cc(O)c(O)c(O)c1. The Kier molecular flexibility index (Phi) is 7.64. The summed E-state index contributed by atoms with van der Waals surface area (Å²) in [5, 5.41) is 89.8. The number of fused-ring (bicyclic) bond motifs is 1. The van der Waals surface area contributed by atoms with Gasteiger partial charge in [0.1, 0.15) is 46.5 Å². The Morgan fingerprint density at radius 1 is 0.837 bits per heavy atom. The average Bonchev–Trinajstić information content (AvgIpc) is 2.96. The highest BCUT2D eigenvalue weighted by atomic mass is 16.7. The molecule has 1 aliphatic heterocycles. The average molecular weight is 600 g/mol. The topological polar surface area (TPSA) is 257 Å². The highest BCUT2D eigenvalue weighted by molar-refractivity contribution is 5.91. The van der Waals surface area contributed by atoms with Gasteiger partial charge in [0.05, 0.1) is 12.2 Å². The van der Waals surface area contributed by atoms with Crippen LogP contribution in [0.25, 0.3) is 22.3 Å². The van der Waals surface area contributed by atoms with Gasteiger partial charge in [-0.1, -0.05) is 0 Å². The third-order valence-electron chi connectivity index (χ3n) is 6.65. The molecule has 3 aromatic carbocycles. The highest BCUT2D eigenvalue weighted by Crippen LogP contribution is 2.39. The number of aliphatic hydroxyl groups is 3. The number of esters is 1.